The third-order valence-electron chi connectivity index (χ3n) is 3.83. The van der Waals surface area contributed by atoms with E-state index in [0.29, 0.717) is 18.3 Å². The molecule has 0 amide bonds. The van der Waals surface area contributed by atoms with Crippen LogP contribution in [0.2, 0.25) is 0 Å². The normalized spacial score (nSPS) is 25.2. The van der Waals surface area contributed by atoms with Crippen molar-refractivity contribution >= 4 is 5.97 Å². The van der Waals surface area contributed by atoms with Gasteiger partial charge in [-0.05, 0) is 36.5 Å². The van der Waals surface area contributed by atoms with Crippen molar-refractivity contribution in [3.8, 4) is 0 Å². The minimum Gasteiger partial charge on any atom is -0.462 e. The first-order chi connectivity index (χ1) is 7.84. The lowest BCUT2D eigenvalue weighted by Crippen LogP contribution is -2.22. The highest BCUT2D eigenvalue weighted by Gasteiger charge is 2.40. The first-order valence-corrected chi connectivity index (χ1v) is 6.65. The summed E-state index contributed by atoms with van der Waals surface area (Å²) in [6.45, 7) is 12.3. The van der Waals surface area contributed by atoms with Crippen molar-refractivity contribution in [2.75, 3.05) is 0 Å². The van der Waals surface area contributed by atoms with Gasteiger partial charge in [0.25, 0.3) is 0 Å². The van der Waals surface area contributed by atoms with Gasteiger partial charge in [0.2, 0.25) is 0 Å². The summed E-state index contributed by atoms with van der Waals surface area (Å²) in [5, 5.41) is 0. The fourth-order valence-corrected chi connectivity index (χ4v) is 1.77. The summed E-state index contributed by atoms with van der Waals surface area (Å²) in [5.74, 6) is 0.917. The van der Waals surface area contributed by atoms with E-state index in [0.717, 1.165) is 19.3 Å². The fourth-order valence-electron chi connectivity index (χ4n) is 1.77. The maximum atomic E-state index is 11.7. The van der Waals surface area contributed by atoms with Crippen LogP contribution >= 0.6 is 0 Å². The van der Waals surface area contributed by atoms with E-state index in [1.165, 1.54) is 0 Å². The standard InChI is InChI=1S/C15H26O2/c1-6-7-8-12-10-13(12)17-14(16)9-11(2)15(3,4)5/h6,11-13H,1,7-10H2,2-5H3/t11?,12-,13-/m1/s1. The minimum atomic E-state index is -0.0291. The van der Waals surface area contributed by atoms with Crippen molar-refractivity contribution < 1.29 is 9.53 Å². The van der Waals surface area contributed by atoms with E-state index in [4.69, 9.17) is 4.74 Å². The number of ether oxygens (including phenoxy) is 1. The van der Waals surface area contributed by atoms with Gasteiger partial charge in [-0.3, -0.25) is 4.79 Å². The van der Waals surface area contributed by atoms with Gasteiger partial charge < -0.3 is 4.74 Å². The summed E-state index contributed by atoms with van der Waals surface area (Å²) in [6.07, 6.45) is 5.83. The molecule has 17 heavy (non-hydrogen) atoms. The molecule has 0 aliphatic heterocycles. The highest BCUT2D eigenvalue weighted by atomic mass is 16.5. The Morgan fingerprint density at radius 2 is 2.18 bits per heavy atom. The second-order valence-corrected chi connectivity index (χ2v) is 6.36. The molecule has 0 saturated heterocycles. The highest BCUT2D eigenvalue weighted by molar-refractivity contribution is 5.70. The average molecular weight is 238 g/mol. The Bertz CT molecular complexity index is 275. The van der Waals surface area contributed by atoms with Crippen molar-refractivity contribution in [2.45, 2.75) is 59.5 Å². The zero-order chi connectivity index (χ0) is 13.1. The molecule has 3 atom stereocenters. The number of carbonyl (C=O) groups is 1. The molecular formula is C15H26O2. The molecule has 1 aliphatic rings. The number of esters is 1. The minimum absolute atomic E-state index is 0.0291. The third-order valence-corrected chi connectivity index (χ3v) is 3.83. The molecule has 2 nitrogen and oxygen atoms in total. The summed E-state index contributed by atoms with van der Waals surface area (Å²) in [7, 11) is 0. The molecule has 1 rings (SSSR count). The molecule has 0 aromatic rings. The van der Waals surface area contributed by atoms with Gasteiger partial charge in [0.15, 0.2) is 0 Å². The Morgan fingerprint density at radius 3 is 2.71 bits per heavy atom. The monoisotopic (exact) mass is 238 g/mol. The highest BCUT2D eigenvalue weighted by Crippen LogP contribution is 2.38. The molecule has 0 radical (unpaired) electrons. The van der Waals surface area contributed by atoms with E-state index in [1.807, 2.05) is 6.08 Å². The molecular weight excluding hydrogens is 212 g/mol. The van der Waals surface area contributed by atoms with E-state index in [1.54, 1.807) is 0 Å². The number of rotatable bonds is 6. The van der Waals surface area contributed by atoms with Gasteiger partial charge in [-0.25, -0.2) is 0 Å². The summed E-state index contributed by atoms with van der Waals surface area (Å²) >= 11 is 0. The van der Waals surface area contributed by atoms with Crippen molar-refractivity contribution in [3.05, 3.63) is 12.7 Å². The van der Waals surface area contributed by atoms with Crippen molar-refractivity contribution in [1.29, 1.82) is 0 Å². The Balaban J connectivity index is 2.21. The van der Waals surface area contributed by atoms with Crippen molar-refractivity contribution in [2.24, 2.45) is 17.3 Å². The van der Waals surface area contributed by atoms with E-state index < -0.39 is 0 Å². The van der Waals surface area contributed by atoms with Crippen LogP contribution in [0.4, 0.5) is 0 Å². The zero-order valence-electron chi connectivity index (χ0n) is 11.7. The summed E-state index contributed by atoms with van der Waals surface area (Å²) in [6, 6.07) is 0. The largest absolute Gasteiger partial charge is 0.462 e. The van der Waals surface area contributed by atoms with Gasteiger partial charge in [0.05, 0.1) is 0 Å². The zero-order valence-corrected chi connectivity index (χ0v) is 11.7. The predicted molar refractivity (Wildman–Crippen MR) is 70.7 cm³/mol. The van der Waals surface area contributed by atoms with Crippen LogP contribution in [0.3, 0.4) is 0 Å². The lowest BCUT2D eigenvalue weighted by molar-refractivity contribution is -0.147. The molecule has 0 bridgehead atoms. The Morgan fingerprint density at radius 1 is 1.53 bits per heavy atom. The molecule has 0 heterocycles. The topological polar surface area (TPSA) is 26.3 Å². The van der Waals surface area contributed by atoms with Gasteiger partial charge in [-0.2, -0.15) is 0 Å². The molecule has 1 unspecified atom stereocenters. The number of hydrogen-bond acceptors (Lipinski definition) is 2. The Kier molecular flexibility index (Phi) is 4.79. The molecule has 1 fully saturated rings. The van der Waals surface area contributed by atoms with Gasteiger partial charge in [-0.15, -0.1) is 6.58 Å². The summed E-state index contributed by atoms with van der Waals surface area (Å²) in [5.41, 5.74) is 0.171. The molecule has 0 spiro atoms. The van der Waals surface area contributed by atoms with Crippen LogP contribution < -0.4 is 0 Å². The first kappa shape index (κ1) is 14.3. The average Bonchev–Trinajstić information content (AvgIpc) is 2.91. The molecule has 98 valence electrons. The quantitative estimate of drug-likeness (QED) is 0.517. The molecule has 2 heteroatoms. The van der Waals surface area contributed by atoms with E-state index in [-0.39, 0.29) is 17.5 Å². The van der Waals surface area contributed by atoms with Crippen LogP contribution in [0.15, 0.2) is 12.7 Å². The van der Waals surface area contributed by atoms with Gasteiger partial charge in [0.1, 0.15) is 6.10 Å². The molecule has 1 aliphatic carbocycles. The van der Waals surface area contributed by atoms with Crippen LogP contribution in [0.1, 0.15) is 53.4 Å². The molecule has 1 saturated carbocycles. The first-order valence-electron chi connectivity index (χ1n) is 6.65. The fraction of sp³-hybridized carbons (Fsp3) is 0.800. The van der Waals surface area contributed by atoms with Crippen LogP contribution in [0, 0.1) is 17.3 Å². The van der Waals surface area contributed by atoms with Crippen molar-refractivity contribution in [1.82, 2.24) is 0 Å². The maximum Gasteiger partial charge on any atom is 0.306 e. The smallest absolute Gasteiger partial charge is 0.306 e. The number of carbonyl (C=O) groups excluding carboxylic acids is 1. The summed E-state index contributed by atoms with van der Waals surface area (Å²) in [4.78, 5) is 11.7. The number of hydrogen-bond donors (Lipinski definition) is 0. The maximum absolute atomic E-state index is 11.7. The van der Waals surface area contributed by atoms with Crippen molar-refractivity contribution in [3.63, 3.8) is 0 Å². The second-order valence-electron chi connectivity index (χ2n) is 6.36. The molecule has 0 aromatic carbocycles. The van der Waals surface area contributed by atoms with E-state index >= 15 is 0 Å². The van der Waals surface area contributed by atoms with Gasteiger partial charge in [0, 0.05) is 6.42 Å². The summed E-state index contributed by atoms with van der Waals surface area (Å²) < 4.78 is 5.46. The molecule has 0 aromatic heterocycles. The van der Waals surface area contributed by atoms with E-state index in [9.17, 15) is 4.79 Å². The van der Waals surface area contributed by atoms with Gasteiger partial charge in [-0.1, -0.05) is 33.8 Å². The predicted octanol–water partition coefficient (Wildman–Crippen LogP) is 3.96. The number of allylic oxidation sites excluding steroid dienone is 1. The van der Waals surface area contributed by atoms with Crippen LogP contribution in [0.5, 0.6) is 0 Å². The second kappa shape index (κ2) is 5.70. The molecule has 0 N–H and O–H groups in total. The van der Waals surface area contributed by atoms with Crippen LogP contribution in [0.25, 0.3) is 0 Å². The SMILES string of the molecule is C=CCC[C@@H]1C[C@H]1OC(=O)CC(C)C(C)(C)C. The van der Waals surface area contributed by atoms with E-state index in [2.05, 4.69) is 34.3 Å². The Hall–Kier alpha value is -0.790. The van der Waals surface area contributed by atoms with Gasteiger partial charge >= 0.3 is 5.97 Å². The lowest BCUT2D eigenvalue weighted by atomic mass is 9.80. The van der Waals surface area contributed by atoms with Crippen LogP contribution in [-0.4, -0.2) is 12.1 Å². The van der Waals surface area contributed by atoms with Crippen LogP contribution in [-0.2, 0) is 9.53 Å². The Labute approximate surface area is 105 Å². The lowest BCUT2D eigenvalue weighted by Gasteiger charge is -2.26. The third kappa shape index (κ3) is 4.93.